The van der Waals surface area contributed by atoms with Gasteiger partial charge in [-0.3, -0.25) is 0 Å². The van der Waals surface area contributed by atoms with Crippen molar-refractivity contribution in [2.75, 3.05) is 13.2 Å². The number of benzene rings is 3. The third kappa shape index (κ3) is 3.89. The van der Waals surface area contributed by atoms with Crippen LogP contribution in [-0.2, 0) is 4.74 Å². The Balaban J connectivity index is 1.63. The van der Waals surface area contributed by atoms with Gasteiger partial charge in [0, 0.05) is 16.2 Å². The summed E-state index contributed by atoms with van der Waals surface area (Å²) in [5.41, 5.74) is 3.32. The first kappa shape index (κ1) is 22.5. The fourth-order valence-corrected chi connectivity index (χ4v) is 4.57. The Labute approximate surface area is 212 Å². The number of aromatic nitrogens is 3. The van der Waals surface area contributed by atoms with Crippen LogP contribution >= 0.6 is 0 Å². The highest BCUT2D eigenvalue weighted by Gasteiger charge is 2.23. The first-order chi connectivity index (χ1) is 18.1. The van der Waals surface area contributed by atoms with Crippen molar-refractivity contribution in [1.82, 2.24) is 15.0 Å². The predicted octanol–water partition coefficient (Wildman–Crippen LogP) is 5.64. The minimum Gasteiger partial charge on any atom is -0.493 e. The van der Waals surface area contributed by atoms with Crippen LogP contribution in [0.15, 0.2) is 48.5 Å². The molecular formula is C29H21N5O3. The summed E-state index contributed by atoms with van der Waals surface area (Å²) in [5, 5.41) is 21.8. The quantitative estimate of drug-likeness (QED) is 0.243. The van der Waals surface area contributed by atoms with Gasteiger partial charge in [0.15, 0.2) is 5.82 Å². The molecule has 2 aromatic heterocycles. The van der Waals surface area contributed by atoms with Crippen molar-refractivity contribution in [1.29, 1.82) is 10.5 Å². The summed E-state index contributed by atoms with van der Waals surface area (Å²) in [4.78, 5) is 25.4. The number of nitrogens with zero attached hydrogens (tertiary/aromatic N) is 4. The third-order valence-electron chi connectivity index (χ3n) is 6.58. The van der Waals surface area contributed by atoms with E-state index in [-0.39, 0.29) is 6.61 Å². The number of aromatic amines is 1. The smallest absolute Gasteiger partial charge is 0.354 e. The molecule has 8 nitrogen and oxygen atoms in total. The van der Waals surface area contributed by atoms with Crippen molar-refractivity contribution in [2.24, 2.45) is 5.92 Å². The van der Waals surface area contributed by atoms with Crippen LogP contribution in [0.3, 0.4) is 0 Å². The Kier molecular flexibility index (Phi) is 5.43. The highest BCUT2D eigenvalue weighted by atomic mass is 16.5. The normalized spacial score (nSPS) is 12.9. The summed E-state index contributed by atoms with van der Waals surface area (Å²) < 4.78 is 11.2. The van der Waals surface area contributed by atoms with Crippen molar-refractivity contribution in [3.05, 3.63) is 65.4 Å². The number of imidazole rings is 1. The van der Waals surface area contributed by atoms with Crippen molar-refractivity contribution in [3.8, 4) is 29.3 Å². The van der Waals surface area contributed by atoms with Gasteiger partial charge in [-0.1, -0.05) is 6.07 Å². The maximum absolute atomic E-state index is 12.5. The molecule has 0 unspecified atom stereocenters. The standard InChI is InChI=1S/C29H21N5O3/c1-2-36-29(35)23-11-10-21-25(32-23)22-12-19(37-15-16-6-7-16)8-9-20(22)26-27(21)34-28(33-26)24-17(13-30)4-3-5-18(24)14-31/h3-5,8-12,16,32H,2,6-7,15H2,1H3. The molecule has 0 radical (unpaired) electrons. The summed E-state index contributed by atoms with van der Waals surface area (Å²) >= 11 is 0. The van der Waals surface area contributed by atoms with Crippen LogP contribution in [0.25, 0.3) is 44.1 Å². The second-order valence-corrected chi connectivity index (χ2v) is 9.04. The molecular weight excluding hydrogens is 466 g/mol. The van der Waals surface area contributed by atoms with E-state index in [1.807, 2.05) is 24.3 Å². The van der Waals surface area contributed by atoms with E-state index in [1.54, 1.807) is 31.2 Å². The molecule has 1 saturated carbocycles. The Morgan fingerprint density at radius 3 is 2.38 bits per heavy atom. The monoisotopic (exact) mass is 487 g/mol. The molecule has 0 atom stereocenters. The molecule has 1 N–H and O–H groups in total. The average molecular weight is 488 g/mol. The number of rotatable bonds is 6. The lowest BCUT2D eigenvalue weighted by atomic mass is 10.0. The van der Waals surface area contributed by atoms with Crippen molar-refractivity contribution in [3.63, 3.8) is 0 Å². The molecule has 0 saturated heterocycles. The van der Waals surface area contributed by atoms with E-state index >= 15 is 0 Å². The number of hydrogen-bond acceptors (Lipinski definition) is 7. The highest BCUT2D eigenvalue weighted by Crippen LogP contribution is 2.38. The fourth-order valence-electron chi connectivity index (χ4n) is 4.57. The molecule has 0 spiro atoms. The number of nitriles is 2. The molecule has 1 aliphatic carbocycles. The first-order valence-corrected chi connectivity index (χ1v) is 12.1. The van der Waals surface area contributed by atoms with Crippen LogP contribution in [0.5, 0.6) is 5.75 Å². The largest absolute Gasteiger partial charge is 0.493 e. The van der Waals surface area contributed by atoms with Crippen LogP contribution in [0, 0.1) is 28.6 Å². The molecule has 1 aliphatic rings. The van der Waals surface area contributed by atoms with Gasteiger partial charge in [-0.2, -0.15) is 10.5 Å². The zero-order chi connectivity index (χ0) is 25.5. The molecule has 6 rings (SSSR count). The Morgan fingerprint density at radius 2 is 1.70 bits per heavy atom. The van der Waals surface area contributed by atoms with E-state index in [0.29, 0.717) is 57.3 Å². The van der Waals surface area contributed by atoms with E-state index in [0.717, 1.165) is 21.9 Å². The lowest BCUT2D eigenvalue weighted by Crippen LogP contribution is -2.07. The summed E-state index contributed by atoms with van der Waals surface area (Å²) in [6, 6.07) is 18.5. The van der Waals surface area contributed by atoms with Crippen molar-refractivity contribution < 1.29 is 14.3 Å². The maximum Gasteiger partial charge on any atom is 0.354 e. The molecule has 0 aliphatic heterocycles. The van der Waals surface area contributed by atoms with Crippen LogP contribution in [0.4, 0.5) is 0 Å². The van der Waals surface area contributed by atoms with Crippen LogP contribution < -0.4 is 4.74 Å². The second kappa shape index (κ2) is 8.92. The zero-order valence-corrected chi connectivity index (χ0v) is 20.0. The van der Waals surface area contributed by atoms with Gasteiger partial charge < -0.3 is 14.5 Å². The number of hydrogen-bond donors (Lipinski definition) is 1. The lowest BCUT2D eigenvalue weighted by molar-refractivity contribution is 0.0520. The van der Waals surface area contributed by atoms with E-state index in [4.69, 9.17) is 19.4 Å². The topological polar surface area (TPSA) is 125 Å². The van der Waals surface area contributed by atoms with Gasteiger partial charge >= 0.3 is 5.97 Å². The van der Waals surface area contributed by atoms with Gasteiger partial charge in [0.05, 0.1) is 53.1 Å². The summed E-state index contributed by atoms with van der Waals surface area (Å²) in [6.07, 6.45) is 2.38. The van der Waals surface area contributed by atoms with Gasteiger partial charge in [-0.25, -0.2) is 14.8 Å². The highest BCUT2D eigenvalue weighted by molar-refractivity contribution is 6.23. The predicted molar refractivity (Wildman–Crippen MR) is 138 cm³/mol. The van der Waals surface area contributed by atoms with Gasteiger partial charge in [0.1, 0.15) is 17.0 Å². The number of carbonyl (C=O) groups is 1. The molecule has 0 amide bonds. The number of H-pyrrole nitrogens is 1. The minimum absolute atomic E-state index is 0.265. The fraction of sp³-hybridized carbons (Fsp3) is 0.207. The Morgan fingerprint density at radius 1 is 1.00 bits per heavy atom. The number of nitrogens with one attached hydrogen (secondary N) is 1. The van der Waals surface area contributed by atoms with E-state index in [9.17, 15) is 15.3 Å². The Bertz CT molecular complexity index is 1770. The summed E-state index contributed by atoms with van der Waals surface area (Å²) in [7, 11) is 0. The third-order valence-corrected chi connectivity index (χ3v) is 6.58. The maximum atomic E-state index is 12.5. The van der Waals surface area contributed by atoms with Gasteiger partial charge in [-0.05, 0) is 68.1 Å². The molecule has 5 aromatic rings. The number of pyridine rings is 1. The van der Waals surface area contributed by atoms with Crippen molar-refractivity contribution in [2.45, 2.75) is 19.8 Å². The van der Waals surface area contributed by atoms with Crippen molar-refractivity contribution >= 4 is 38.7 Å². The summed E-state index contributed by atoms with van der Waals surface area (Å²) in [5.74, 6) is 1.20. The van der Waals surface area contributed by atoms with Gasteiger partial charge in [0.2, 0.25) is 0 Å². The molecule has 1 fully saturated rings. The number of ether oxygens (including phenoxy) is 2. The number of fused-ring (bicyclic) bond motifs is 6. The first-order valence-electron chi connectivity index (χ1n) is 12.1. The number of carbonyl (C=O) groups excluding carboxylic acids is 1. The molecule has 180 valence electrons. The Hall–Kier alpha value is -4.95. The lowest BCUT2D eigenvalue weighted by Gasteiger charge is -2.11. The zero-order valence-electron chi connectivity index (χ0n) is 20.0. The second-order valence-electron chi connectivity index (χ2n) is 9.04. The minimum atomic E-state index is -0.449. The van der Waals surface area contributed by atoms with Crippen LogP contribution in [0.1, 0.15) is 41.4 Å². The van der Waals surface area contributed by atoms with Gasteiger partial charge in [-0.15, -0.1) is 0 Å². The van der Waals surface area contributed by atoms with Crippen LogP contribution in [-0.4, -0.2) is 34.1 Å². The van der Waals surface area contributed by atoms with E-state index < -0.39 is 5.97 Å². The average Bonchev–Trinajstić information content (AvgIpc) is 3.66. The molecule has 0 bridgehead atoms. The summed E-state index contributed by atoms with van der Waals surface area (Å²) in [6.45, 7) is 2.70. The van der Waals surface area contributed by atoms with E-state index in [2.05, 4.69) is 17.1 Å². The molecule has 8 heteroatoms. The molecule has 3 aromatic carbocycles. The molecule has 2 heterocycles. The SMILES string of the molecule is CCOC(=O)c1ccc2c3nc(-c4c(C#N)cccc4C#N)nc3c3ccc(OCC4CC4)cc3c2[nH]1. The molecule has 37 heavy (non-hydrogen) atoms. The van der Waals surface area contributed by atoms with Crippen LogP contribution in [0.2, 0.25) is 0 Å². The van der Waals surface area contributed by atoms with E-state index in [1.165, 1.54) is 12.8 Å². The number of esters is 1. The van der Waals surface area contributed by atoms with Gasteiger partial charge in [0.25, 0.3) is 0 Å².